The molecular formula is C10H12BrNO2. The summed E-state index contributed by atoms with van der Waals surface area (Å²) in [6.45, 7) is 0.798. The molecule has 4 heteroatoms. The molecule has 0 aliphatic carbocycles. The highest BCUT2D eigenvalue weighted by Gasteiger charge is 2.15. The summed E-state index contributed by atoms with van der Waals surface area (Å²) in [6.07, 6.45) is 6.60. The van der Waals surface area contributed by atoms with Gasteiger partial charge in [-0.15, -0.1) is 0 Å². The number of hydrogen-bond acceptors (Lipinski definition) is 3. The van der Waals surface area contributed by atoms with Gasteiger partial charge in [0.2, 0.25) is 0 Å². The molecule has 0 amide bonds. The van der Waals surface area contributed by atoms with Crippen molar-refractivity contribution in [2.45, 2.75) is 25.6 Å². The van der Waals surface area contributed by atoms with Crippen molar-refractivity contribution in [2.75, 3.05) is 6.61 Å². The molecule has 0 unspecified atom stereocenters. The maximum absolute atomic E-state index is 5.62. The monoisotopic (exact) mass is 257 g/mol. The molecule has 0 spiro atoms. The van der Waals surface area contributed by atoms with E-state index in [0.717, 1.165) is 29.7 Å². The molecule has 76 valence electrons. The minimum Gasteiger partial charge on any atom is -0.463 e. The summed E-state index contributed by atoms with van der Waals surface area (Å²) in [5, 5.41) is 0. The van der Waals surface area contributed by atoms with Crippen molar-refractivity contribution in [3.63, 3.8) is 0 Å². The van der Waals surface area contributed by atoms with Gasteiger partial charge in [-0.2, -0.15) is 0 Å². The molecule has 1 fully saturated rings. The number of pyridine rings is 1. The van der Waals surface area contributed by atoms with Gasteiger partial charge in [0.15, 0.2) is 6.29 Å². The van der Waals surface area contributed by atoms with Crippen LogP contribution in [0.4, 0.5) is 0 Å². The van der Waals surface area contributed by atoms with E-state index in [1.807, 2.05) is 6.07 Å². The summed E-state index contributed by atoms with van der Waals surface area (Å²) in [5.74, 6) is 0.756. The Kier molecular flexibility index (Phi) is 3.37. The second kappa shape index (κ2) is 4.75. The molecular weight excluding hydrogens is 246 g/mol. The van der Waals surface area contributed by atoms with E-state index in [9.17, 15) is 0 Å². The third-order valence-electron chi connectivity index (χ3n) is 2.09. The average molecular weight is 258 g/mol. The van der Waals surface area contributed by atoms with Crippen LogP contribution in [0, 0.1) is 0 Å². The van der Waals surface area contributed by atoms with Gasteiger partial charge in [0.1, 0.15) is 5.75 Å². The van der Waals surface area contributed by atoms with Crippen LogP contribution < -0.4 is 4.74 Å². The van der Waals surface area contributed by atoms with Crippen molar-refractivity contribution in [1.82, 2.24) is 4.98 Å². The lowest BCUT2D eigenvalue weighted by molar-refractivity contribution is -0.106. The molecule has 1 aliphatic heterocycles. The second-order valence-electron chi connectivity index (χ2n) is 3.25. The minimum absolute atomic E-state index is 0.0974. The summed E-state index contributed by atoms with van der Waals surface area (Å²) in [6, 6.07) is 1.89. The lowest BCUT2D eigenvalue weighted by Crippen LogP contribution is -2.24. The zero-order chi connectivity index (χ0) is 9.80. The van der Waals surface area contributed by atoms with E-state index in [4.69, 9.17) is 9.47 Å². The molecule has 1 atom stereocenters. The fourth-order valence-corrected chi connectivity index (χ4v) is 1.76. The molecule has 1 aromatic rings. The van der Waals surface area contributed by atoms with E-state index in [2.05, 4.69) is 20.9 Å². The molecule has 2 heterocycles. The number of nitrogens with zero attached hydrogens (tertiary/aromatic N) is 1. The van der Waals surface area contributed by atoms with Gasteiger partial charge < -0.3 is 9.47 Å². The zero-order valence-corrected chi connectivity index (χ0v) is 9.37. The Bertz CT molecular complexity index is 300. The van der Waals surface area contributed by atoms with Crippen molar-refractivity contribution < 1.29 is 9.47 Å². The molecule has 14 heavy (non-hydrogen) atoms. The quantitative estimate of drug-likeness (QED) is 0.817. The molecule has 0 saturated carbocycles. The summed E-state index contributed by atoms with van der Waals surface area (Å²) in [5.41, 5.74) is 0. The fourth-order valence-electron chi connectivity index (χ4n) is 1.41. The van der Waals surface area contributed by atoms with Crippen molar-refractivity contribution in [1.29, 1.82) is 0 Å². The Balaban J connectivity index is 1.95. The van der Waals surface area contributed by atoms with Crippen LogP contribution in [0.15, 0.2) is 22.9 Å². The maximum Gasteiger partial charge on any atom is 0.199 e. The van der Waals surface area contributed by atoms with Crippen LogP contribution in [0.2, 0.25) is 0 Å². The normalized spacial score (nSPS) is 21.9. The van der Waals surface area contributed by atoms with Crippen molar-refractivity contribution in [3.8, 4) is 5.75 Å². The topological polar surface area (TPSA) is 31.4 Å². The maximum atomic E-state index is 5.62. The Labute approximate surface area is 91.6 Å². The first kappa shape index (κ1) is 9.93. The second-order valence-corrected chi connectivity index (χ2v) is 4.17. The zero-order valence-electron chi connectivity index (χ0n) is 7.78. The Morgan fingerprint density at radius 2 is 2.36 bits per heavy atom. The fraction of sp³-hybridized carbons (Fsp3) is 0.500. The third kappa shape index (κ3) is 2.69. The first-order chi connectivity index (χ1) is 6.84. The highest BCUT2D eigenvalue weighted by Crippen LogP contribution is 2.20. The van der Waals surface area contributed by atoms with Crippen molar-refractivity contribution in [2.24, 2.45) is 0 Å². The molecule has 1 aliphatic rings. The van der Waals surface area contributed by atoms with Gasteiger partial charge in [-0.1, -0.05) is 0 Å². The Morgan fingerprint density at radius 3 is 3.07 bits per heavy atom. The predicted octanol–water partition coefficient (Wildman–Crippen LogP) is 2.75. The van der Waals surface area contributed by atoms with Gasteiger partial charge >= 0.3 is 0 Å². The van der Waals surface area contributed by atoms with Gasteiger partial charge in [-0.3, -0.25) is 4.98 Å². The van der Waals surface area contributed by atoms with E-state index in [-0.39, 0.29) is 6.29 Å². The van der Waals surface area contributed by atoms with Crippen LogP contribution in [0.5, 0.6) is 5.75 Å². The summed E-state index contributed by atoms with van der Waals surface area (Å²) in [4.78, 5) is 4.02. The Hall–Kier alpha value is -0.610. The van der Waals surface area contributed by atoms with E-state index >= 15 is 0 Å². The number of aromatic nitrogens is 1. The van der Waals surface area contributed by atoms with Crippen LogP contribution in [0.25, 0.3) is 0 Å². The van der Waals surface area contributed by atoms with Crippen LogP contribution >= 0.6 is 15.9 Å². The number of rotatable bonds is 2. The molecule has 2 rings (SSSR count). The minimum atomic E-state index is -0.0974. The molecule has 3 nitrogen and oxygen atoms in total. The van der Waals surface area contributed by atoms with Crippen LogP contribution in [0.3, 0.4) is 0 Å². The molecule has 1 aromatic heterocycles. The summed E-state index contributed by atoms with van der Waals surface area (Å²) < 4.78 is 12.0. The van der Waals surface area contributed by atoms with Crippen molar-refractivity contribution >= 4 is 15.9 Å². The lowest BCUT2D eigenvalue weighted by atomic mass is 10.2. The summed E-state index contributed by atoms with van der Waals surface area (Å²) in [7, 11) is 0. The number of ether oxygens (including phenoxy) is 2. The lowest BCUT2D eigenvalue weighted by Gasteiger charge is -2.23. The predicted molar refractivity (Wildman–Crippen MR) is 56.2 cm³/mol. The smallest absolute Gasteiger partial charge is 0.199 e. The highest BCUT2D eigenvalue weighted by atomic mass is 79.9. The molecule has 1 saturated heterocycles. The number of halogens is 1. The first-order valence-electron chi connectivity index (χ1n) is 4.73. The summed E-state index contributed by atoms with van der Waals surface area (Å²) >= 11 is 3.34. The molecule has 0 radical (unpaired) electrons. The standard InChI is InChI=1S/C10H12BrNO2/c11-8-5-9(7-12-6-8)14-10-3-1-2-4-13-10/h5-7,10H,1-4H2/t10-/m0/s1. The Morgan fingerprint density at radius 1 is 1.43 bits per heavy atom. The van der Waals surface area contributed by atoms with Crippen molar-refractivity contribution in [3.05, 3.63) is 22.9 Å². The van der Waals surface area contributed by atoms with E-state index in [0.29, 0.717) is 0 Å². The van der Waals surface area contributed by atoms with E-state index in [1.165, 1.54) is 6.42 Å². The van der Waals surface area contributed by atoms with Crippen LogP contribution in [0.1, 0.15) is 19.3 Å². The van der Waals surface area contributed by atoms with Crippen LogP contribution in [-0.4, -0.2) is 17.9 Å². The van der Waals surface area contributed by atoms with Gasteiger partial charge in [0.25, 0.3) is 0 Å². The van der Waals surface area contributed by atoms with E-state index in [1.54, 1.807) is 12.4 Å². The van der Waals surface area contributed by atoms with Gasteiger partial charge in [0, 0.05) is 17.1 Å². The highest BCUT2D eigenvalue weighted by molar-refractivity contribution is 9.10. The SMILES string of the molecule is Brc1cncc(O[C@H]2CCCCO2)c1. The molecule has 0 N–H and O–H groups in total. The number of hydrogen-bond donors (Lipinski definition) is 0. The first-order valence-corrected chi connectivity index (χ1v) is 5.53. The molecule has 0 bridgehead atoms. The third-order valence-corrected chi connectivity index (χ3v) is 2.52. The average Bonchev–Trinajstić information content (AvgIpc) is 2.19. The van der Waals surface area contributed by atoms with E-state index < -0.39 is 0 Å². The van der Waals surface area contributed by atoms with Gasteiger partial charge in [0.05, 0.1) is 12.8 Å². The van der Waals surface area contributed by atoms with Crippen LogP contribution in [-0.2, 0) is 4.74 Å². The van der Waals surface area contributed by atoms with Gasteiger partial charge in [-0.25, -0.2) is 0 Å². The largest absolute Gasteiger partial charge is 0.463 e. The molecule has 0 aromatic carbocycles. The van der Waals surface area contributed by atoms with Gasteiger partial charge in [-0.05, 0) is 34.8 Å².